The Morgan fingerprint density at radius 3 is 2.84 bits per heavy atom. The van der Waals surface area contributed by atoms with Crippen LogP contribution in [0.1, 0.15) is 38.1 Å². The van der Waals surface area contributed by atoms with Gasteiger partial charge in [-0.2, -0.15) is 0 Å². The van der Waals surface area contributed by atoms with Crippen LogP contribution in [0.4, 0.5) is 0 Å². The van der Waals surface area contributed by atoms with E-state index in [-0.39, 0.29) is 11.9 Å². The van der Waals surface area contributed by atoms with E-state index in [1.54, 1.807) is 0 Å². The summed E-state index contributed by atoms with van der Waals surface area (Å²) in [7, 11) is 3.96. The molecule has 1 atom stereocenters. The van der Waals surface area contributed by atoms with Gasteiger partial charge in [-0.1, -0.05) is 18.7 Å². The van der Waals surface area contributed by atoms with Gasteiger partial charge < -0.3 is 9.73 Å². The van der Waals surface area contributed by atoms with Crippen molar-refractivity contribution in [1.29, 1.82) is 0 Å². The van der Waals surface area contributed by atoms with E-state index in [1.807, 2.05) is 19.0 Å². The van der Waals surface area contributed by atoms with Gasteiger partial charge in [0.1, 0.15) is 0 Å². The summed E-state index contributed by atoms with van der Waals surface area (Å²) in [6.07, 6.45) is 3.10. The van der Waals surface area contributed by atoms with Gasteiger partial charge in [0, 0.05) is 6.04 Å². The minimum atomic E-state index is 0.0342. The Kier molecular flexibility index (Phi) is 4.81. The first kappa shape index (κ1) is 14.3. The number of hydrogen-bond donors (Lipinski definition) is 1. The predicted octanol–water partition coefficient (Wildman–Crippen LogP) is 1.45. The van der Waals surface area contributed by atoms with Gasteiger partial charge >= 0.3 is 0 Å². The molecule has 1 fully saturated rings. The summed E-state index contributed by atoms with van der Waals surface area (Å²) in [5, 5.41) is 11.4. The first-order valence-corrected chi connectivity index (χ1v) is 7.50. The van der Waals surface area contributed by atoms with E-state index < -0.39 is 0 Å². The average molecular weight is 284 g/mol. The van der Waals surface area contributed by atoms with Crippen molar-refractivity contribution in [3.8, 4) is 0 Å². The molecule has 1 aliphatic rings. The second kappa shape index (κ2) is 6.38. The molecule has 0 aromatic carbocycles. The zero-order valence-corrected chi connectivity index (χ0v) is 12.4. The van der Waals surface area contributed by atoms with Gasteiger partial charge in [-0.3, -0.25) is 9.69 Å². The summed E-state index contributed by atoms with van der Waals surface area (Å²) in [6, 6.07) is 0.520. The molecule has 1 aromatic rings. The SMILES string of the molecule is CC[C@H](c1nnc(SCC(=O)NC2CC2)o1)N(C)C. The standard InChI is InChI=1S/C12H20N4O2S/c1-4-9(16(2)3)11-14-15-12(18-11)19-7-10(17)13-8-5-6-8/h8-9H,4-7H2,1-3H3,(H,13,17)/t9-/m1/s1. The number of hydrogen-bond acceptors (Lipinski definition) is 6. The number of carbonyl (C=O) groups is 1. The van der Waals surface area contributed by atoms with Crippen LogP contribution in [0.5, 0.6) is 0 Å². The van der Waals surface area contributed by atoms with Crippen molar-refractivity contribution in [3.05, 3.63) is 5.89 Å². The molecular weight excluding hydrogens is 264 g/mol. The molecule has 0 bridgehead atoms. The summed E-state index contributed by atoms with van der Waals surface area (Å²) >= 11 is 1.29. The van der Waals surface area contributed by atoms with Crippen molar-refractivity contribution in [2.24, 2.45) is 0 Å². The third kappa shape index (κ3) is 4.21. The molecule has 0 spiro atoms. The fraction of sp³-hybridized carbons (Fsp3) is 0.750. The van der Waals surface area contributed by atoms with Crippen LogP contribution in [0, 0.1) is 0 Å². The number of thioether (sulfide) groups is 1. The molecule has 1 saturated carbocycles. The van der Waals surface area contributed by atoms with E-state index in [2.05, 4.69) is 22.4 Å². The molecule has 1 amide bonds. The van der Waals surface area contributed by atoms with Crippen LogP contribution < -0.4 is 5.32 Å². The van der Waals surface area contributed by atoms with Crippen molar-refractivity contribution in [2.45, 2.75) is 43.5 Å². The number of carbonyl (C=O) groups excluding carboxylic acids is 1. The van der Waals surface area contributed by atoms with E-state index in [4.69, 9.17) is 4.42 Å². The average Bonchev–Trinajstić information content (AvgIpc) is 3.04. The summed E-state index contributed by atoms with van der Waals surface area (Å²) in [6.45, 7) is 2.07. The maximum Gasteiger partial charge on any atom is 0.277 e. The van der Waals surface area contributed by atoms with Gasteiger partial charge in [-0.05, 0) is 33.4 Å². The molecule has 1 aliphatic carbocycles. The highest BCUT2D eigenvalue weighted by atomic mass is 32.2. The minimum Gasteiger partial charge on any atom is -0.414 e. The van der Waals surface area contributed by atoms with Crippen LogP contribution in [0.3, 0.4) is 0 Å². The highest BCUT2D eigenvalue weighted by molar-refractivity contribution is 7.99. The topological polar surface area (TPSA) is 71.3 Å². The van der Waals surface area contributed by atoms with Crippen LogP contribution >= 0.6 is 11.8 Å². The predicted molar refractivity (Wildman–Crippen MR) is 72.9 cm³/mol. The second-order valence-corrected chi connectivity index (χ2v) is 5.85. The van der Waals surface area contributed by atoms with E-state index in [9.17, 15) is 4.79 Å². The van der Waals surface area contributed by atoms with Gasteiger partial charge in [0.25, 0.3) is 5.22 Å². The normalized spacial score (nSPS) is 16.6. The van der Waals surface area contributed by atoms with E-state index in [1.165, 1.54) is 11.8 Å². The molecule has 7 heteroatoms. The van der Waals surface area contributed by atoms with E-state index >= 15 is 0 Å². The van der Waals surface area contributed by atoms with Crippen LogP contribution in [-0.2, 0) is 4.79 Å². The van der Waals surface area contributed by atoms with Gasteiger partial charge in [0.2, 0.25) is 11.8 Å². The first-order valence-electron chi connectivity index (χ1n) is 6.52. The van der Waals surface area contributed by atoms with Crippen molar-refractivity contribution < 1.29 is 9.21 Å². The minimum absolute atomic E-state index is 0.0342. The molecule has 0 saturated heterocycles. The molecule has 0 radical (unpaired) electrons. The van der Waals surface area contributed by atoms with E-state index in [0.717, 1.165) is 19.3 Å². The number of nitrogens with zero attached hydrogens (tertiary/aromatic N) is 3. The van der Waals surface area contributed by atoms with Gasteiger partial charge in [0.15, 0.2) is 0 Å². The second-order valence-electron chi connectivity index (χ2n) is 4.92. The Bertz CT molecular complexity index is 431. The molecule has 106 valence electrons. The summed E-state index contributed by atoms with van der Waals surface area (Å²) < 4.78 is 5.59. The molecule has 2 rings (SSSR count). The lowest BCUT2D eigenvalue weighted by Crippen LogP contribution is -2.26. The Hall–Kier alpha value is -1.08. The molecule has 6 nitrogen and oxygen atoms in total. The number of aromatic nitrogens is 2. The molecule has 1 aromatic heterocycles. The lowest BCUT2D eigenvalue weighted by molar-refractivity contribution is -0.118. The highest BCUT2D eigenvalue weighted by Gasteiger charge is 2.24. The summed E-state index contributed by atoms with van der Waals surface area (Å²) in [5.41, 5.74) is 0. The molecule has 1 N–H and O–H groups in total. The fourth-order valence-electron chi connectivity index (χ4n) is 1.80. The lowest BCUT2D eigenvalue weighted by atomic mass is 10.2. The maximum absolute atomic E-state index is 11.5. The Balaban J connectivity index is 1.84. The fourth-order valence-corrected chi connectivity index (χ4v) is 2.38. The van der Waals surface area contributed by atoms with Crippen LogP contribution in [0.25, 0.3) is 0 Å². The molecule has 19 heavy (non-hydrogen) atoms. The Morgan fingerprint density at radius 2 is 2.26 bits per heavy atom. The maximum atomic E-state index is 11.5. The van der Waals surface area contributed by atoms with Gasteiger partial charge in [-0.25, -0.2) is 0 Å². The number of nitrogens with one attached hydrogen (secondary N) is 1. The summed E-state index contributed by atoms with van der Waals surface area (Å²) in [5.74, 6) is 0.973. The molecular formula is C12H20N4O2S. The summed E-state index contributed by atoms with van der Waals surface area (Å²) in [4.78, 5) is 13.6. The van der Waals surface area contributed by atoms with Crippen molar-refractivity contribution in [2.75, 3.05) is 19.8 Å². The van der Waals surface area contributed by atoms with Crippen LogP contribution in [0.15, 0.2) is 9.64 Å². The first-order chi connectivity index (χ1) is 9.10. The number of rotatable bonds is 7. The smallest absolute Gasteiger partial charge is 0.277 e. The third-order valence-corrected chi connectivity index (χ3v) is 3.80. The molecule has 1 heterocycles. The van der Waals surface area contributed by atoms with Crippen molar-refractivity contribution in [3.63, 3.8) is 0 Å². The van der Waals surface area contributed by atoms with Crippen LogP contribution in [-0.4, -0.2) is 46.9 Å². The van der Waals surface area contributed by atoms with Crippen LogP contribution in [0.2, 0.25) is 0 Å². The van der Waals surface area contributed by atoms with Gasteiger partial charge in [0.05, 0.1) is 11.8 Å². The molecule has 0 aliphatic heterocycles. The van der Waals surface area contributed by atoms with E-state index in [0.29, 0.717) is 22.9 Å². The monoisotopic (exact) mass is 284 g/mol. The Labute approximate surface area is 117 Å². The third-order valence-electron chi connectivity index (χ3n) is 2.99. The zero-order chi connectivity index (χ0) is 13.8. The lowest BCUT2D eigenvalue weighted by Gasteiger charge is -2.18. The molecule has 0 unspecified atom stereocenters. The highest BCUT2D eigenvalue weighted by Crippen LogP contribution is 2.24. The zero-order valence-electron chi connectivity index (χ0n) is 11.5. The largest absolute Gasteiger partial charge is 0.414 e. The number of amides is 1. The quantitative estimate of drug-likeness (QED) is 0.764. The van der Waals surface area contributed by atoms with Gasteiger partial charge in [-0.15, -0.1) is 10.2 Å². The Morgan fingerprint density at radius 1 is 1.53 bits per heavy atom. The van der Waals surface area contributed by atoms with Crippen molar-refractivity contribution >= 4 is 17.7 Å². The van der Waals surface area contributed by atoms with Crippen molar-refractivity contribution in [1.82, 2.24) is 20.4 Å².